The molecular weight excluding hydrogens is 184 g/mol. The number of nitrogens with zero attached hydrogens (tertiary/aromatic N) is 2. The van der Waals surface area contributed by atoms with Crippen LogP contribution in [-0.4, -0.2) is 22.3 Å². The number of aliphatic imine (C=N–C) groups is 1. The molecule has 0 bridgehead atoms. The third kappa shape index (κ3) is 2.50. The highest BCUT2D eigenvalue weighted by Crippen LogP contribution is 2.20. The molecule has 1 aliphatic rings. The van der Waals surface area contributed by atoms with Crippen LogP contribution in [0.1, 0.15) is 19.8 Å². The van der Waals surface area contributed by atoms with Gasteiger partial charge in [0.15, 0.2) is 0 Å². The van der Waals surface area contributed by atoms with Gasteiger partial charge in [-0.1, -0.05) is 6.08 Å². The fourth-order valence-electron chi connectivity index (χ4n) is 1.25. The molecule has 1 N–H and O–H groups in total. The lowest BCUT2D eigenvalue weighted by Gasteiger charge is -2.08. The molecule has 1 aliphatic heterocycles. The lowest BCUT2D eigenvalue weighted by Crippen LogP contribution is -2.09. The van der Waals surface area contributed by atoms with Crippen LogP contribution >= 0.6 is 0 Å². The molecule has 5 nitrogen and oxygen atoms in total. The van der Waals surface area contributed by atoms with E-state index in [4.69, 9.17) is 5.11 Å². The minimum atomic E-state index is -0.445. The van der Waals surface area contributed by atoms with Crippen molar-refractivity contribution in [2.45, 2.75) is 19.8 Å². The summed E-state index contributed by atoms with van der Waals surface area (Å²) in [6.45, 7) is 1.82. The Morgan fingerprint density at radius 1 is 1.79 bits per heavy atom. The summed E-state index contributed by atoms with van der Waals surface area (Å²) in [5.74, 6) is 0. The van der Waals surface area contributed by atoms with E-state index in [1.807, 2.05) is 6.92 Å². The van der Waals surface area contributed by atoms with Gasteiger partial charge in [-0.05, 0) is 13.3 Å². The van der Waals surface area contributed by atoms with Crippen molar-refractivity contribution in [1.29, 1.82) is 0 Å². The molecule has 76 valence electrons. The summed E-state index contributed by atoms with van der Waals surface area (Å²) >= 11 is 0. The number of nitro groups is 1. The highest BCUT2D eigenvalue weighted by molar-refractivity contribution is 5.86. The average Bonchev–Trinajstić information content (AvgIpc) is 2.14. The predicted octanol–water partition coefficient (Wildman–Crippen LogP) is 1.28. The van der Waals surface area contributed by atoms with Gasteiger partial charge < -0.3 is 5.11 Å². The van der Waals surface area contributed by atoms with E-state index in [0.717, 1.165) is 5.71 Å². The van der Waals surface area contributed by atoms with Gasteiger partial charge in [-0.15, -0.1) is 0 Å². The molecule has 0 aliphatic carbocycles. The van der Waals surface area contributed by atoms with Gasteiger partial charge in [0, 0.05) is 24.3 Å². The summed E-state index contributed by atoms with van der Waals surface area (Å²) in [6, 6.07) is 0. The molecule has 5 heteroatoms. The van der Waals surface area contributed by atoms with Crippen LogP contribution in [0.2, 0.25) is 0 Å². The lowest BCUT2D eigenvalue weighted by atomic mass is 10.0. The van der Waals surface area contributed by atoms with Crippen LogP contribution in [-0.2, 0) is 0 Å². The third-order valence-corrected chi connectivity index (χ3v) is 1.90. The predicted molar refractivity (Wildman–Crippen MR) is 52.6 cm³/mol. The van der Waals surface area contributed by atoms with E-state index in [9.17, 15) is 10.1 Å². The molecule has 0 saturated carbocycles. The maximum absolute atomic E-state index is 10.6. The Balaban J connectivity index is 2.91. The van der Waals surface area contributed by atoms with Crippen LogP contribution in [0.4, 0.5) is 0 Å². The van der Waals surface area contributed by atoms with Crippen LogP contribution in [0.5, 0.6) is 0 Å². The molecular formula is C9H12N2O3. The van der Waals surface area contributed by atoms with Crippen molar-refractivity contribution in [3.05, 3.63) is 33.7 Å². The summed E-state index contributed by atoms with van der Waals surface area (Å²) in [4.78, 5) is 14.1. The smallest absolute Gasteiger partial charge is 0.290 e. The Bertz CT molecular complexity index is 329. The van der Waals surface area contributed by atoms with Gasteiger partial charge >= 0.3 is 0 Å². The monoisotopic (exact) mass is 196 g/mol. The minimum Gasteiger partial charge on any atom is -0.396 e. The Labute approximate surface area is 81.6 Å². The minimum absolute atomic E-state index is 0.00465. The van der Waals surface area contributed by atoms with Crippen molar-refractivity contribution >= 4 is 5.71 Å². The van der Waals surface area contributed by atoms with Gasteiger partial charge in [-0.25, -0.2) is 0 Å². The normalized spacial score (nSPS) is 19.1. The molecule has 1 rings (SSSR count). The fraction of sp³-hybridized carbons (Fsp3) is 0.444. The zero-order valence-electron chi connectivity index (χ0n) is 7.93. The SMILES string of the molecule is CC1=NC=C([N+](=O)[O-])/C(=C/CCO)C1. The first-order chi connectivity index (χ1) is 6.65. The Kier molecular flexibility index (Phi) is 3.53. The molecule has 0 aromatic rings. The molecule has 14 heavy (non-hydrogen) atoms. The molecule has 0 amide bonds. The molecule has 0 spiro atoms. The first kappa shape index (κ1) is 10.6. The molecule has 0 aromatic carbocycles. The van der Waals surface area contributed by atoms with E-state index in [1.54, 1.807) is 6.08 Å². The van der Waals surface area contributed by atoms with Gasteiger partial charge in [-0.3, -0.25) is 15.1 Å². The molecule has 1 heterocycles. The van der Waals surface area contributed by atoms with Crippen LogP contribution in [0.3, 0.4) is 0 Å². The number of aliphatic hydroxyl groups excluding tert-OH is 1. The second-order valence-electron chi connectivity index (χ2n) is 3.05. The number of allylic oxidation sites excluding steroid dienone is 1. The van der Waals surface area contributed by atoms with Crippen molar-refractivity contribution in [1.82, 2.24) is 0 Å². The van der Waals surface area contributed by atoms with Gasteiger partial charge in [-0.2, -0.15) is 0 Å². The second kappa shape index (κ2) is 4.66. The Morgan fingerprint density at radius 2 is 2.50 bits per heavy atom. The first-order valence-corrected chi connectivity index (χ1v) is 4.33. The van der Waals surface area contributed by atoms with Crippen LogP contribution in [0.25, 0.3) is 0 Å². The maximum Gasteiger partial charge on any atom is 0.290 e. The molecule has 0 aromatic heterocycles. The zero-order chi connectivity index (χ0) is 10.6. The molecule has 0 fully saturated rings. The van der Waals surface area contributed by atoms with Gasteiger partial charge in [0.2, 0.25) is 0 Å². The molecule has 0 unspecified atom stereocenters. The maximum atomic E-state index is 10.6. The zero-order valence-corrected chi connectivity index (χ0v) is 7.93. The van der Waals surface area contributed by atoms with E-state index in [1.165, 1.54) is 6.20 Å². The topological polar surface area (TPSA) is 75.7 Å². The summed E-state index contributed by atoms with van der Waals surface area (Å²) in [5, 5.41) is 19.2. The van der Waals surface area contributed by atoms with E-state index < -0.39 is 4.92 Å². The van der Waals surface area contributed by atoms with Crippen molar-refractivity contribution in [3.8, 4) is 0 Å². The van der Waals surface area contributed by atoms with Crippen molar-refractivity contribution in [2.75, 3.05) is 6.61 Å². The largest absolute Gasteiger partial charge is 0.396 e. The highest BCUT2D eigenvalue weighted by atomic mass is 16.6. The quantitative estimate of drug-likeness (QED) is 0.545. The van der Waals surface area contributed by atoms with Crippen molar-refractivity contribution < 1.29 is 10.0 Å². The van der Waals surface area contributed by atoms with Crippen LogP contribution < -0.4 is 0 Å². The standard InChI is InChI=1S/C9H12N2O3/c1-7-5-8(3-2-4-12)9(6-10-7)11(13)14/h3,6,12H,2,4-5H2,1H3/b8-3+. The first-order valence-electron chi connectivity index (χ1n) is 4.33. The number of aliphatic hydroxyl groups is 1. The van der Waals surface area contributed by atoms with E-state index >= 15 is 0 Å². The second-order valence-corrected chi connectivity index (χ2v) is 3.05. The Morgan fingerprint density at radius 3 is 3.07 bits per heavy atom. The molecule has 0 saturated heterocycles. The van der Waals surface area contributed by atoms with E-state index in [-0.39, 0.29) is 12.3 Å². The number of hydrogen-bond donors (Lipinski definition) is 1. The summed E-state index contributed by atoms with van der Waals surface area (Å²) in [5.41, 5.74) is 1.51. The van der Waals surface area contributed by atoms with Crippen molar-refractivity contribution in [3.63, 3.8) is 0 Å². The fourth-order valence-corrected chi connectivity index (χ4v) is 1.25. The van der Waals surface area contributed by atoms with E-state index in [2.05, 4.69) is 4.99 Å². The molecule has 0 atom stereocenters. The number of hydrogen-bond acceptors (Lipinski definition) is 4. The molecule has 0 radical (unpaired) electrons. The number of rotatable bonds is 3. The highest BCUT2D eigenvalue weighted by Gasteiger charge is 2.20. The summed E-state index contributed by atoms with van der Waals surface area (Å²) < 4.78 is 0. The van der Waals surface area contributed by atoms with E-state index in [0.29, 0.717) is 18.4 Å². The van der Waals surface area contributed by atoms with Gasteiger partial charge in [0.25, 0.3) is 5.70 Å². The van der Waals surface area contributed by atoms with Crippen LogP contribution in [0.15, 0.2) is 28.5 Å². The van der Waals surface area contributed by atoms with Gasteiger partial charge in [0.05, 0.1) is 4.92 Å². The summed E-state index contributed by atoms with van der Waals surface area (Å²) in [7, 11) is 0. The lowest BCUT2D eigenvalue weighted by molar-refractivity contribution is -0.421. The summed E-state index contributed by atoms with van der Waals surface area (Å²) in [6.07, 6.45) is 3.88. The van der Waals surface area contributed by atoms with Crippen LogP contribution in [0, 0.1) is 10.1 Å². The Hall–Kier alpha value is -1.49. The average molecular weight is 196 g/mol. The van der Waals surface area contributed by atoms with Crippen molar-refractivity contribution in [2.24, 2.45) is 4.99 Å². The van der Waals surface area contributed by atoms with Gasteiger partial charge in [0.1, 0.15) is 6.20 Å². The third-order valence-electron chi connectivity index (χ3n) is 1.90.